The fraction of sp³-hybridized carbons (Fsp3) is 0.0833. The van der Waals surface area contributed by atoms with Crippen LogP contribution in [0, 0.1) is 10.1 Å². The lowest BCUT2D eigenvalue weighted by molar-refractivity contribution is -0.490. The summed E-state index contributed by atoms with van der Waals surface area (Å²) in [6.07, 6.45) is 1.77. The van der Waals surface area contributed by atoms with Crippen molar-refractivity contribution in [2.45, 2.75) is 6.54 Å². The third-order valence-electron chi connectivity index (χ3n) is 2.30. The number of hydrogen-bond acceptors (Lipinski definition) is 2. The summed E-state index contributed by atoms with van der Waals surface area (Å²) in [6.45, 7) is 0.564. The summed E-state index contributed by atoms with van der Waals surface area (Å²) >= 11 is 0. The molecule has 1 heterocycles. The van der Waals surface area contributed by atoms with Gasteiger partial charge in [-0.25, -0.2) is 10.1 Å². The van der Waals surface area contributed by atoms with E-state index in [1.54, 1.807) is 22.9 Å². The molecule has 17 heavy (non-hydrogen) atoms. The second kappa shape index (κ2) is 5.07. The van der Waals surface area contributed by atoms with Gasteiger partial charge in [0.05, 0.1) is 5.10 Å². The van der Waals surface area contributed by atoms with Crippen molar-refractivity contribution in [2.75, 3.05) is 0 Å². The van der Waals surface area contributed by atoms with Crippen LogP contribution in [-0.2, 0) is 6.54 Å². The average molecular weight is 229 g/mol. The molecule has 0 aliphatic rings. The second-order valence-electron chi connectivity index (χ2n) is 3.51. The third-order valence-corrected chi connectivity index (χ3v) is 2.30. The summed E-state index contributed by atoms with van der Waals surface area (Å²) in [4.78, 5) is 10.4. The molecule has 5 nitrogen and oxygen atoms in total. The van der Waals surface area contributed by atoms with Crippen LogP contribution in [0.25, 0.3) is 0 Å². The summed E-state index contributed by atoms with van der Waals surface area (Å²) in [7, 11) is 0. The fourth-order valence-corrected chi connectivity index (χ4v) is 1.56. The predicted octanol–water partition coefficient (Wildman–Crippen LogP) is 1.63. The second-order valence-corrected chi connectivity index (χ2v) is 3.51. The third kappa shape index (κ3) is 3.01. The zero-order chi connectivity index (χ0) is 12.1. The lowest BCUT2D eigenvalue weighted by Gasteiger charge is -2.05. The van der Waals surface area contributed by atoms with Crippen molar-refractivity contribution in [1.82, 2.24) is 4.57 Å². The smallest absolute Gasteiger partial charge is 0.207 e. The van der Waals surface area contributed by atoms with E-state index >= 15 is 0 Å². The molecular weight excluding hydrogens is 218 g/mol. The first kappa shape index (κ1) is 11.1. The monoisotopic (exact) mass is 229 g/mol. The summed E-state index contributed by atoms with van der Waals surface area (Å²) in [5.41, 5.74) is 1.41. The molecular formula is C12H11N3O2. The van der Waals surface area contributed by atoms with Crippen molar-refractivity contribution in [1.29, 1.82) is 0 Å². The minimum Gasteiger partial charge on any atom is -0.324 e. The van der Waals surface area contributed by atoms with Crippen LogP contribution < -0.4 is 5.49 Å². The lowest BCUT2D eigenvalue weighted by Crippen LogP contribution is -2.21. The van der Waals surface area contributed by atoms with Crippen LogP contribution in [0.3, 0.4) is 0 Å². The van der Waals surface area contributed by atoms with Gasteiger partial charge in [0.2, 0.25) is 5.49 Å². The van der Waals surface area contributed by atoms with E-state index in [4.69, 9.17) is 0 Å². The van der Waals surface area contributed by atoms with E-state index in [-0.39, 0.29) is 0 Å². The Morgan fingerprint density at radius 1 is 1.12 bits per heavy atom. The van der Waals surface area contributed by atoms with Crippen molar-refractivity contribution >= 4 is 0 Å². The maximum atomic E-state index is 10.4. The molecule has 0 spiro atoms. The van der Waals surface area contributed by atoms with Crippen molar-refractivity contribution in [3.63, 3.8) is 0 Å². The Hall–Kier alpha value is -2.43. The van der Waals surface area contributed by atoms with Gasteiger partial charge < -0.3 is 4.57 Å². The predicted molar refractivity (Wildman–Crippen MR) is 62.5 cm³/mol. The molecule has 1 aromatic heterocycles. The maximum Gasteiger partial charge on any atom is 0.207 e. The molecule has 0 amide bonds. The van der Waals surface area contributed by atoms with Crippen LogP contribution >= 0.6 is 0 Å². The van der Waals surface area contributed by atoms with Crippen LogP contribution in [0.15, 0.2) is 59.8 Å². The van der Waals surface area contributed by atoms with Crippen LogP contribution in [-0.4, -0.2) is 9.60 Å². The number of nitrogens with zero attached hydrogens (tertiary/aromatic N) is 3. The minimum absolute atomic E-state index is 0.335. The Kier molecular flexibility index (Phi) is 3.30. The topological polar surface area (TPSA) is 60.4 Å². The summed E-state index contributed by atoms with van der Waals surface area (Å²) in [6, 6.07) is 14.9. The number of benzene rings is 1. The van der Waals surface area contributed by atoms with Gasteiger partial charge in [0, 0.05) is 12.7 Å². The van der Waals surface area contributed by atoms with Crippen LogP contribution in [0.5, 0.6) is 0 Å². The van der Waals surface area contributed by atoms with Crippen LogP contribution in [0.2, 0.25) is 0 Å². The van der Waals surface area contributed by atoms with Crippen molar-refractivity contribution in [3.8, 4) is 0 Å². The highest BCUT2D eigenvalue weighted by Gasteiger charge is 1.98. The van der Waals surface area contributed by atoms with Gasteiger partial charge >= 0.3 is 0 Å². The Morgan fingerprint density at radius 3 is 2.53 bits per heavy atom. The van der Waals surface area contributed by atoms with Gasteiger partial charge in [-0.1, -0.05) is 36.4 Å². The van der Waals surface area contributed by atoms with E-state index < -0.39 is 5.03 Å². The molecule has 2 aromatic rings. The highest BCUT2D eigenvalue weighted by molar-refractivity contribution is 5.15. The lowest BCUT2D eigenvalue weighted by atomic mass is 10.2. The largest absolute Gasteiger partial charge is 0.324 e. The van der Waals surface area contributed by atoms with Gasteiger partial charge in [0.25, 0.3) is 0 Å². The van der Waals surface area contributed by atoms with E-state index in [1.165, 1.54) is 0 Å². The number of nitro groups is 1. The Morgan fingerprint density at radius 2 is 1.82 bits per heavy atom. The quantitative estimate of drug-likeness (QED) is 0.593. The minimum atomic E-state index is -0.684. The molecule has 2 rings (SSSR count). The number of pyridine rings is 1. The summed E-state index contributed by atoms with van der Waals surface area (Å²) < 4.78 is 1.73. The van der Waals surface area contributed by atoms with Gasteiger partial charge in [0.1, 0.15) is 0 Å². The molecule has 0 fully saturated rings. The highest BCUT2D eigenvalue weighted by atomic mass is 16.7. The van der Waals surface area contributed by atoms with Crippen LogP contribution in [0.1, 0.15) is 5.56 Å². The molecule has 86 valence electrons. The van der Waals surface area contributed by atoms with Gasteiger partial charge in [-0.2, -0.15) is 0 Å². The van der Waals surface area contributed by atoms with E-state index in [1.807, 2.05) is 36.4 Å². The van der Waals surface area contributed by atoms with Gasteiger partial charge in [-0.15, -0.1) is 0 Å². The Balaban J connectivity index is 2.37. The highest BCUT2D eigenvalue weighted by Crippen LogP contribution is 1.99. The average Bonchev–Trinajstić information content (AvgIpc) is 2.32. The van der Waals surface area contributed by atoms with Gasteiger partial charge in [0.15, 0.2) is 5.03 Å². The van der Waals surface area contributed by atoms with Crippen LogP contribution in [0.4, 0.5) is 0 Å². The number of hydrogen-bond donors (Lipinski definition) is 0. The summed E-state index contributed by atoms with van der Waals surface area (Å²) in [5.74, 6) is 0. The molecule has 5 heteroatoms. The fourth-order valence-electron chi connectivity index (χ4n) is 1.56. The number of aromatic nitrogens is 1. The molecule has 0 radical (unpaired) electrons. The SMILES string of the molecule is O=[N+]([O-])/N=c1\ccccn1Cc1ccccc1. The summed E-state index contributed by atoms with van der Waals surface area (Å²) in [5, 5.41) is 13.1. The normalized spacial score (nSPS) is 11.4. The van der Waals surface area contributed by atoms with E-state index in [0.29, 0.717) is 12.0 Å². The van der Waals surface area contributed by atoms with Crippen molar-refractivity contribution in [2.24, 2.45) is 5.10 Å². The van der Waals surface area contributed by atoms with E-state index in [0.717, 1.165) is 5.56 Å². The van der Waals surface area contributed by atoms with E-state index in [2.05, 4.69) is 5.10 Å². The first-order chi connectivity index (χ1) is 8.25. The standard InChI is InChI=1S/C12H11N3O2/c16-15(17)13-12-8-4-5-9-14(12)10-11-6-2-1-3-7-11/h1-9H,10H2/b13-12+. The molecule has 0 aliphatic carbocycles. The first-order valence-electron chi connectivity index (χ1n) is 5.14. The zero-order valence-corrected chi connectivity index (χ0v) is 9.06. The van der Waals surface area contributed by atoms with Crippen molar-refractivity contribution < 1.29 is 5.03 Å². The zero-order valence-electron chi connectivity index (χ0n) is 9.06. The molecule has 1 aromatic carbocycles. The van der Waals surface area contributed by atoms with Crippen molar-refractivity contribution in [3.05, 3.63) is 75.9 Å². The first-order valence-corrected chi connectivity index (χ1v) is 5.14. The Bertz CT molecular complexity index is 576. The van der Waals surface area contributed by atoms with E-state index in [9.17, 15) is 10.1 Å². The van der Waals surface area contributed by atoms with Gasteiger partial charge in [-0.05, 0) is 17.7 Å². The molecule has 0 saturated heterocycles. The number of rotatable bonds is 3. The molecule has 0 atom stereocenters. The maximum absolute atomic E-state index is 10.4. The molecule has 0 bridgehead atoms. The Labute approximate surface area is 97.8 Å². The molecule has 0 saturated carbocycles. The molecule has 0 aliphatic heterocycles. The van der Waals surface area contributed by atoms with Gasteiger partial charge in [-0.3, -0.25) is 0 Å². The molecule has 0 unspecified atom stereocenters. The molecule has 0 N–H and O–H groups in total.